The maximum atomic E-state index is 12.3. The summed E-state index contributed by atoms with van der Waals surface area (Å²) < 4.78 is 10.5. The lowest BCUT2D eigenvalue weighted by Crippen LogP contribution is -2.40. The van der Waals surface area contributed by atoms with Crippen molar-refractivity contribution in [2.75, 3.05) is 14.2 Å². The van der Waals surface area contributed by atoms with Crippen molar-refractivity contribution in [3.63, 3.8) is 0 Å². The summed E-state index contributed by atoms with van der Waals surface area (Å²) >= 11 is 0. The van der Waals surface area contributed by atoms with E-state index in [0.29, 0.717) is 23.6 Å². The number of esters is 2. The molecule has 5 nitrogen and oxygen atoms in total. The molecule has 1 fully saturated rings. The van der Waals surface area contributed by atoms with Crippen LogP contribution in [0, 0.1) is 0 Å². The van der Waals surface area contributed by atoms with Crippen LogP contribution < -0.4 is 0 Å². The van der Waals surface area contributed by atoms with Crippen LogP contribution in [0.5, 0.6) is 0 Å². The van der Waals surface area contributed by atoms with E-state index in [1.807, 2.05) is 13.1 Å². The summed E-state index contributed by atoms with van der Waals surface area (Å²) in [5, 5.41) is 0. The molecule has 3 rings (SSSR count). The molecule has 0 radical (unpaired) electrons. The smallest absolute Gasteiger partial charge is 0.339 e. The van der Waals surface area contributed by atoms with Crippen LogP contribution in [0.4, 0.5) is 0 Å². The number of carbonyl (C=O) groups is 2. The van der Waals surface area contributed by atoms with Gasteiger partial charge in [-0.25, -0.2) is 9.59 Å². The predicted octanol–water partition coefficient (Wildman–Crippen LogP) is 2.14. The first-order valence-electron chi connectivity index (χ1n) is 7.42. The third kappa shape index (κ3) is 2.47. The highest BCUT2D eigenvalue weighted by atomic mass is 16.6. The second-order valence-corrected chi connectivity index (χ2v) is 5.65. The molecule has 2 aliphatic rings. The van der Waals surface area contributed by atoms with E-state index in [4.69, 9.17) is 9.47 Å². The zero-order chi connectivity index (χ0) is 15.7. The third-order valence-corrected chi connectivity index (χ3v) is 4.47. The number of benzene rings is 1. The van der Waals surface area contributed by atoms with Crippen LogP contribution in [0.3, 0.4) is 0 Å². The van der Waals surface area contributed by atoms with Gasteiger partial charge in [-0.2, -0.15) is 0 Å². The molecule has 0 unspecified atom stereocenters. The fourth-order valence-corrected chi connectivity index (χ4v) is 3.28. The summed E-state index contributed by atoms with van der Waals surface area (Å²) in [6.45, 7) is 0. The van der Waals surface area contributed by atoms with Crippen LogP contribution in [0.1, 0.15) is 29.6 Å². The van der Waals surface area contributed by atoms with Crippen molar-refractivity contribution in [1.29, 1.82) is 0 Å². The van der Waals surface area contributed by atoms with Gasteiger partial charge < -0.3 is 14.4 Å². The molecule has 1 aromatic rings. The Kier molecular flexibility index (Phi) is 3.88. The first-order valence-corrected chi connectivity index (χ1v) is 7.42. The lowest BCUT2D eigenvalue weighted by molar-refractivity contribution is -0.137. The van der Waals surface area contributed by atoms with Crippen molar-refractivity contribution < 1.29 is 19.1 Å². The van der Waals surface area contributed by atoms with E-state index in [9.17, 15) is 9.59 Å². The monoisotopic (exact) mass is 301 g/mol. The Balaban J connectivity index is 1.87. The number of methoxy groups -OCH3 is 1. The van der Waals surface area contributed by atoms with Gasteiger partial charge in [0.15, 0.2) is 0 Å². The number of hydrogen-bond acceptors (Lipinski definition) is 5. The standard InChI is InChI=1S/C17H19NO4/c1-18-12-8-9-13(18)15(17(20)21-2)14(10-12)22-16(19)11-6-4-3-5-7-11/h3-7,12,14H,8-10H2,1-2H3/t12-,14+/m1/s1. The lowest BCUT2D eigenvalue weighted by Gasteiger charge is -2.34. The number of carbonyl (C=O) groups excluding carboxylic acids is 2. The molecule has 2 heterocycles. The van der Waals surface area contributed by atoms with Crippen LogP contribution in [0.25, 0.3) is 0 Å². The van der Waals surface area contributed by atoms with Crippen LogP contribution in [0.2, 0.25) is 0 Å². The van der Waals surface area contributed by atoms with E-state index in [1.54, 1.807) is 24.3 Å². The number of allylic oxidation sites excluding steroid dienone is 1. The minimum absolute atomic E-state index is 0.317. The molecule has 22 heavy (non-hydrogen) atoms. The van der Waals surface area contributed by atoms with Crippen LogP contribution in [-0.4, -0.2) is 43.1 Å². The Labute approximate surface area is 129 Å². The molecular formula is C17H19NO4. The van der Waals surface area contributed by atoms with E-state index in [2.05, 4.69) is 4.90 Å². The Hall–Kier alpha value is -2.30. The Bertz CT molecular complexity index is 623. The number of hydrogen-bond donors (Lipinski definition) is 0. The van der Waals surface area contributed by atoms with E-state index in [0.717, 1.165) is 18.5 Å². The second kappa shape index (κ2) is 5.83. The molecular weight excluding hydrogens is 282 g/mol. The first kappa shape index (κ1) is 14.6. The van der Waals surface area contributed by atoms with Gasteiger partial charge in [0.2, 0.25) is 0 Å². The van der Waals surface area contributed by atoms with Crippen LogP contribution in [-0.2, 0) is 14.3 Å². The van der Waals surface area contributed by atoms with Crippen molar-refractivity contribution in [3.8, 4) is 0 Å². The number of nitrogens with zero attached hydrogens (tertiary/aromatic N) is 1. The molecule has 0 spiro atoms. The van der Waals surface area contributed by atoms with Gasteiger partial charge in [0.25, 0.3) is 0 Å². The summed E-state index contributed by atoms with van der Waals surface area (Å²) in [7, 11) is 3.33. The average molecular weight is 301 g/mol. The zero-order valence-corrected chi connectivity index (χ0v) is 12.7. The number of rotatable bonds is 3. The topological polar surface area (TPSA) is 55.8 Å². The van der Waals surface area contributed by atoms with Crippen molar-refractivity contribution in [3.05, 3.63) is 47.2 Å². The largest absolute Gasteiger partial charge is 0.466 e. The number of ether oxygens (including phenoxy) is 2. The Morgan fingerprint density at radius 2 is 1.91 bits per heavy atom. The predicted molar refractivity (Wildman–Crippen MR) is 80.1 cm³/mol. The van der Waals surface area contributed by atoms with Crippen molar-refractivity contribution >= 4 is 11.9 Å². The normalized spacial score (nSPS) is 23.5. The molecule has 116 valence electrons. The summed E-state index contributed by atoms with van der Waals surface area (Å²) in [5.41, 5.74) is 1.92. The summed E-state index contributed by atoms with van der Waals surface area (Å²) in [6.07, 6.45) is 1.90. The van der Waals surface area contributed by atoms with E-state index < -0.39 is 18.0 Å². The third-order valence-electron chi connectivity index (χ3n) is 4.47. The van der Waals surface area contributed by atoms with Gasteiger partial charge in [-0.15, -0.1) is 0 Å². The quantitative estimate of drug-likeness (QED) is 0.801. The maximum Gasteiger partial charge on any atom is 0.339 e. The average Bonchev–Trinajstić information content (AvgIpc) is 2.78. The summed E-state index contributed by atoms with van der Waals surface area (Å²) in [6, 6.07) is 9.14. The fourth-order valence-electron chi connectivity index (χ4n) is 3.28. The molecule has 0 aromatic heterocycles. The highest BCUT2D eigenvalue weighted by Gasteiger charge is 2.42. The fraction of sp³-hybridized carbons (Fsp3) is 0.412. The van der Waals surface area contributed by atoms with Gasteiger partial charge in [0.1, 0.15) is 6.10 Å². The van der Waals surface area contributed by atoms with Gasteiger partial charge in [-0.05, 0) is 25.0 Å². The van der Waals surface area contributed by atoms with Crippen molar-refractivity contribution in [1.82, 2.24) is 4.90 Å². The summed E-state index contributed by atoms with van der Waals surface area (Å²) in [4.78, 5) is 26.5. The van der Waals surface area contributed by atoms with E-state index >= 15 is 0 Å². The van der Waals surface area contributed by atoms with Gasteiger partial charge in [-0.3, -0.25) is 0 Å². The SMILES string of the molecule is COC(=O)C1=C2CC[C@H](C[C@@H]1OC(=O)c1ccccc1)N2C. The van der Waals surface area contributed by atoms with Crippen LogP contribution in [0.15, 0.2) is 41.6 Å². The Morgan fingerprint density at radius 1 is 1.18 bits per heavy atom. The van der Waals surface area contributed by atoms with E-state index in [-0.39, 0.29) is 0 Å². The molecule has 0 saturated carbocycles. The molecule has 2 atom stereocenters. The maximum absolute atomic E-state index is 12.3. The van der Waals surface area contributed by atoms with Crippen molar-refractivity contribution in [2.45, 2.75) is 31.4 Å². The van der Waals surface area contributed by atoms with Gasteiger partial charge in [0.05, 0.1) is 18.2 Å². The van der Waals surface area contributed by atoms with Crippen molar-refractivity contribution in [2.24, 2.45) is 0 Å². The minimum Gasteiger partial charge on any atom is -0.466 e. The summed E-state index contributed by atoms with van der Waals surface area (Å²) in [5.74, 6) is -0.815. The highest BCUT2D eigenvalue weighted by molar-refractivity contribution is 5.93. The lowest BCUT2D eigenvalue weighted by atomic mass is 9.98. The minimum atomic E-state index is -0.529. The number of fused-ring (bicyclic) bond motifs is 2. The molecule has 0 N–H and O–H groups in total. The molecule has 0 amide bonds. The van der Waals surface area contributed by atoms with Gasteiger partial charge in [0, 0.05) is 25.2 Å². The molecule has 5 heteroatoms. The van der Waals surface area contributed by atoms with Crippen LogP contribution >= 0.6 is 0 Å². The van der Waals surface area contributed by atoms with Gasteiger partial charge in [-0.1, -0.05) is 18.2 Å². The second-order valence-electron chi connectivity index (χ2n) is 5.65. The molecule has 1 saturated heterocycles. The molecule has 2 bridgehead atoms. The molecule has 2 aliphatic heterocycles. The Morgan fingerprint density at radius 3 is 2.59 bits per heavy atom. The molecule has 0 aliphatic carbocycles. The zero-order valence-electron chi connectivity index (χ0n) is 12.7. The van der Waals surface area contributed by atoms with Gasteiger partial charge >= 0.3 is 11.9 Å². The molecule has 1 aromatic carbocycles. The highest BCUT2D eigenvalue weighted by Crippen LogP contribution is 2.39. The first-order chi connectivity index (χ1) is 10.6. The van der Waals surface area contributed by atoms with E-state index in [1.165, 1.54) is 7.11 Å².